The van der Waals surface area contributed by atoms with E-state index in [1.165, 1.54) is 23.3 Å². The highest BCUT2D eigenvalue weighted by Gasteiger charge is 2.60. The first-order valence-corrected chi connectivity index (χ1v) is 12.4. The van der Waals surface area contributed by atoms with Crippen molar-refractivity contribution in [3.63, 3.8) is 0 Å². The third-order valence-electron chi connectivity index (χ3n) is 6.19. The van der Waals surface area contributed by atoms with E-state index in [1.54, 1.807) is 49.4 Å². The first-order chi connectivity index (χ1) is 17.7. The van der Waals surface area contributed by atoms with Gasteiger partial charge < -0.3 is 9.84 Å². The Labute approximate surface area is 224 Å². The average molecular weight is 589 g/mol. The largest absolute Gasteiger partial charge is 0.503 e. The second-order valence-corrected chi connectivity index (χ2v) is 9.66. The van der Waals surface area contributed by atoms with Crippen LogP contribution in [-0.4, -0.2) is 34.6 Å². The summed E-state index contributed by atoms with van der Waals surface area (Å²) in [5, 5.41) is 23.6. The summed E-state index contributed by atoms with van der Waals surface area (Å²) in [5.41, 5.74) is 0.944. The predicted molar refractivity (Wildman–Crippen MR) is 138 cm³/mol. The number of aromatic hydroxyl groups is 1. The molecule has 37 heavy (non-hydrogen) atoms. The molecule has 2 amide bonds. The van der Waals surface area contributed by atoms with Crippen LogP contribution in [0.25, 0.3) is 0 Å². The average Bonchev–Trinajstić information content (AvgIpc) is 3.38. The number of phenols is 1. The Kier molecular flexibility index (Phi) is 6.52. The van der Waals surface area contributed by atoms with E-state index < -0.39 is 34.8 Å². The highest BCUT2D eigenvalue weighted by atomic mass is 79.9. The monoisotopic (exact) mass is 587 g/mol. The van der Waals surface area contributed by atoms with Crippen molar-refractivity contribution < 1.29 is 29.2 Å². The van der Waals surface area contributed by atoms with E-state index in [-0.39, 0.29) is 29.5 Å². The van der Waals surface area contributed by atoms with Gasteiger partial charge in [-0.1, -0.05) is 17.7 Å². The van der Waals surface area contributed by atoms with Crippen LogP contribution in [0.5, 0.6) is 11.5 Å². The summed E-state index contributed by atoms with van der Waals surface area (Å²) in [7, 11) is 0. The number of ether oxygens (including phenoxy) is 1. The van der Waals surface area contributed by atoms with Gasteiger partial charge in [0.1, 0.15) is 5.92 Å². The molecule has 3 aromatic rings. The lowest BCUT2D eigenvalue weighted by Gasteiger charge is -2.29. The van der Waals surface area contributed by atoms with Gasteiger partial charge in [0.15, 0.2) is 17.6 Å². The molecular weight excluding hydrogens is 570 g/mol. The Balaban J connectivity index is 1.64. The van der Waals surface area contributed by atoms with E-state index >= 15 is 0 Å². The number of nitro benzene ring substituents is 1. The van der Waals surface area contributed by atoms with Gasteiger partial charge in [0.05, 0.1) is 33.4 Å². The molecule has 5 rings (SSSR count). The van der Waals surface area contributed by atoms with Gasteiger partial charge in [0.2, 0.25) is 5.91 Å². The van der Waals surface area contributed by atoms with E-state index in [0.717, 1.165) is 4.90 Å². The molecule has 2 saturated heterocycles. The lowest BCUT2D eigenvalue weighted by Crippen LogP contribution is -2.37. The zero-order chi connectivity index (χ0) is 26.4. The van der Waals surface area contributed by atoms with E-state index in [9.17, 15) is 24.8 Å². The summed E-state index contributed by atoms with van der Waals surface area (Å²) in [6.07, 6.45) is -1.18. The number of imide groups is 1. The maximum Gasteiger partial charge on any atom is 0.271 e. The Morgan fingerprint density at radius 2 is 1.84 bits per heavy atom. The lowest BCUT2D eigenvalue weighted by molar-refractivity contribution is -0.384. The second kappa shape index (κ2) is 9.66. The number of benzene rings is 3. The molecule has 0 spiro atoms. The predicted octanol–water partition coefficient (Wildman–Crippen LogP) is 5.17. The van der Waals surface area contributed by atoms with E-state index in [1.807, 2.05) is 0 Å². The molecule has 10 nitrogen and oxygen atoms in total. The maximum absolute atomic E-state index is 13.7. The van der Waals surface area contributed by atoms with Crippen molar-refractivity contribution >= 4 is 56.4 Å². The fourth-order valence-electron chi connectivity index (χ4n) is 4.60. The quantitative estimate of drug-likeness (QED) is 0.238. The molecule has 3 aromatic carbocycles. The number of phenolic OH excluding ortho intramolecular Hbond substituents is 1. The van der Waals surface area contributed by atoms with Crippen LogP contribution >= 0.6 is 27.5 Å². The molecular formula is C25H19BrClN3O7. The van der Waals surface area contributed by atoms with Gasteiger partial charge in [-0.2, -0.15) is 0 Å². The van der Waals surface area contributed by atoms with Crippen LogP contribution in [0, 0.1) is 16.0 Å². The standard InChI is InChI=1S/C25H19BrClN3O7/c1-2-36-19-11-13(10-18(26)22(19)31)21-20-23(37-29(21)16-4-3-5-17(12-16)30(34)35)25(33)28(24(20)32)15-8-6-14(27)7-9-15/h3-12,20-21,23,31H,2H2,1H3/t20-,21+,23-/m1/s1. The van der Waals surface area contributed by atoms with Crippen LogP contribution in [0.1, 0.15) is 18.5 Å². The van der Waals surface area contributed by atoms with Gasteiger partial charge in [-0.15, -0.1) is 0 Å². The molecule has 3 atom stereocenters. The van der Waals surface area contributed by atoms with E-state index in [0.29, 0.717) is 20.7 Å². The summed E-state index contributed by atoms with van der Waals surface area (Å²) in [4.78, 5) is 45.2. The van der Waals surface area contributed by atoms with Crippen molar-refractivity contribution in [2.75, 3.05) is 16.6 Å². The van der Waals surface area contributed by atoms with E-state index in [2.05, 4.69) is 15.9 Å². The molecule has 2 aliphatic rings. The Morgan fingerprint density at radius 1 is 1.11 bits per heavy atom. The number of hydrogen-bond acceptors (Lipinski definition) is 8. The molecule has 190 valence electrons. The molecule has 0 bridgehead atoms. The number of halogens is 2. The van der Waals surface area contributed by atoms with Crippen LogP contribution in [0.4, 0.5) is 17.1 Å². The summed E-state index contributed by atoms with van der Waals surface area (Å²) < 4.78 is 5.87. The van der Waals surface area contributed by atoms with Gasteiger partial charge in [0.25, 0.3) is 11.6 Å². The SMILES string of the molecule is CCOc1cc([C@H]2[C@H]3C(=O)N(c4ccc(Cl)cc4)C(=O)[C@@H]3ON2c2cccc([N+](=O)[O-])c2)cc(Br)c1O. The molecule has 2 aliphatic heterocycles. The molecule has 0 unspecified atom stereocenters. The Bertz CT molecular complexity index is 1420. The number of carbonyl (C=O) groups is 2. The van der Waals surface area contributed by atoms with Gasteiger partial charge in [0, 0.05) is 17.2 Å². The number of rotatable bonds is 6. The maximum atomic E-state index is 13.7. The number of hydrogen-bond donors (Lipinski definition) is 1. The fourth-order valence-corrected chi connectivity index (χ4v) is 5.18. The summed E-state index contributed by atoms with van der Waals surface area (Å²) >= 11 is 9.30. The Morgan fingerprint density at radius 3 is 2.51 bits per heavy atom. The number of amides is 2. The normalized spacial score (nSPS) is 20.9. The smallest absolute Gasteiger partial charge is 0.271 e. The zero-order valence-corrected chi connectivity index (χ0v) is 21.5. The molecule has 0 saturated carbocycles. The third kappa shape index (κ3) is 4.28. The number of nitro groups is 1. The van der Waals surface area contributed by atoms with Crippen LogP contribution in [0.3, 0.4) is 0 Å². The molecule has 0 aromatic heterocycles. The van der Waals surface area contributed by atoms with Crippen LogP contribution in [0.2, 0.25) is 5.02 Å². The number of nitrogens with zero attached hydrogens (tertiary/aromatic N) is 3. The minimum absolute atomic E-state index is 0.125. The van der Waals surface area contributed by atoms with Crippen molar-refractivity contribution in [2.45, 2.75) is 19.1 Å². The van der Waals surface area contributed by atoms with Crippen LogP contribution < -0.4 is 14.7 Å². The minimum Gasteiger partial charge on any atom is -0.503 e. The number of non-ortho nitro benzene ring substituents is 1. The van der Waals surface area contributed by atoms with Crippen molar-refractivity contribution in [2.24, 2.45) is 5.92 Å². The topological polar surface area (TPSA) is 122 Å². The fraction of sp³-hybridized carbons (Fsp3) is 0.200. The number of anilines is 2. The second-order valence-electron chi connectivity index (χ2n) is 8.37. The number of fused-ring (bicyclic) bond motifs is 1. The van der Waals surface area contributed by atoms with Gasteiger partial charge >= 0.3 is 0 Å². The molecule has 0 aliphatic carbocycles. The number of carbonyl (C=O) groups excluding carboxylic acids is 2. The molecule has 2 heterocycles. The van der Waals surface area contributed by atoms with Gasteiger partial charge in [-0.3, -0.25) is 24.5 Å². The van der Waals surface area contributed by atoms with Crippen molar-refractivity contribution in [3.8, 4) is 11.5 Å². The van der Waals surface area contributed by atoms with Crippen molar-refractivity contribution in [1.29, 1.82) is 0 Å². The minimum atomic E-state index is -1.18. The van der Waals surface area contributed by atoms with E-state index in [4.69, 9.17) is 21.2 Å². The highest BCUT2D eigenvalue weighted by Crippen LogP contribution is 2.50. The highest BCUT2D eigenvalue weighted by molar-refractivity contribution is 9.10. The first kappa shape index (κ1) is 25.0. The summed E-state index contributed by atoms with van der Waals surface area (Å²) in [5.74, 6) is -2.02. The van der Waals surface area contributed by atoms with Crippen LogP contribution in [0.15, 0.2) is 65.1 Å². The molecule has 0 radical (unpaired) electrons. The van der Waals surface area contributed by atoms with Gasteiger partial charge in [-0.05, 0) is 70.9 Å². The summed E-state index contributed by atoms with van der Waals surface area (Å²) in [6.45, 7) is 2.03. The lowest BCUT2D eigenvalue weighted by atomic mass is 9.90. The first-order valence-electron chi connectivity index (χ1n) is 11.2. The van der Waals surface area contributed by atoms with Gasteiger partial charge in [-0.25, -0.2) is 9.96 Å². The zero-order valence-electron chi connectivity index (χ0n) is 19.2. The Hall–Kier alpha value is -3.67. The summed E-state index contributed by atoms with van der Waals surface area (Å²) in [6, 6.07) is 14.3. The number of hydroxylamine groups is 1. The molecule has 2 fully saturated rings. The molecule has 12 heteroatoms. The van der Waals surface area contributed by atoms with Crippen LogP contribution in [-0.2, 0) is 14.4 Å². The third-order valence-corrected chi connectivity index (χ3v) is 7.04. The molecule has 1 N–H and O–H groups in total. The van der Waals surface area contributed by atoms with Crippen molar-refractivity contribution in [1.82, 2.24) is 0 Å². The van der Waals surface area contributed by atoms with Crippen molar-refractivity contribution in [3.05, 3.63) is 85.8 Å².